The second-order valence-corrected chi connectivity index (χ2v) is 6.72. The van der Waals surface area contributed by atoms with Gasteiger partial charge in [0.2, 0.25) is 0 Å². The molecule has 1 aromatic heterocycles. The fourth-order valence-electron chi connectivity index (χ4n) is 2.21. The normalized spacial score (nSPS) is 20.1. The van der Waals surface area contributed by atoms with Crippen LogP contribution >= 0.6 is 23.4 Å². The summed E-state index contributed by atoms with van der Waals surface area (Å²) < 4.78 is 0. The molecule has 0 aromatic carbocycles. The quantitative estimate of drug-likeness (QED) is 0.850. The number of thioether (sulfide) groups is 1. The van der Waals surface area contributed by atoms with Crippen LogP contribution in [-0.2, 0) is 0 Å². The van der Waals surface area contributed by atoms with Gasteiger partial charge in [0.1, 0.15) is 17.3 Å². The highest BCUT2D eigenvalue weighted by Crippen LogP contribution is 2.29. The number of nitrogens with zero attached hydrogens (tertiary/aromatic N) is 2. The first-order chi connectivity index (χ1) is 8.68. The van der Waals surface area contributed by atoms with E-state index in [4.69, 9.17) is 11.6 Å². The van der Waals surface area contributed by atoms with Crippen LogP contribution in [0.15, 0.2) is 6.33 Å². The van der Waals surface area contributed by atoms with Crippen molar-refractivity contribution in [3.05, 3.63) is 17.0 Å². The predicted molar refractivity (Wildman–Crippen MR) is 79.7 cm³/mol. The highest BCUT2D eigenvalue weighted by atomic mass is 35.5. The van der Waals surface area contributed by atoms with Crippen molar-refractivity contribution >= 4 is 29.2 Å². The molecule has 5 heteroatoms. The van der Waals surface area contributed by atoms with E-state index in [2.05, 4.69) is 40.9 Å². The Morgan fingerprint density at radius 3 is 2.94 bits per heavy atom. The lowest BCUT2D eigenvalue weighted by Crippen LogP contribution is -2.21. The topological polar surface area (TPSA) is 37.8 Å². The van der Waals surface area contributed by atoms with Gasteiger partial charge in [-0.3, -0.25) is 0 Å². The van der Waals surface area contributed by atoms with Crippen LogP contribution in [0.3, 0.4) is 0 Å². The summed E-state index contributed by atoms with van der Waals surface area (Å²) in [5.41, 5.74) is 1.03. The van der Waals surface area contributed by atoms with E-state index in [9.17, 15) is 0 Å². The van der Waals surface area contributed by atoms with Gasteiger partial charge in [-0.2, -0.15) is 11.8 Å². The number of aromatic nitrogens is 2. The minimum atomic E-state index is 0.334. The average molecular weight is 286 g/mol. The van der Waals surface area contributed by atoms with E-state index in [-0.39, 0.29) is 0 Å². The van der Waals surface area contributed by atoms with Crippen molar-refractivity contribution in [1.29, 1.82) is 0 Å². The summed E-state index contributed by atoms with van der Waals surface area (Å²) in [6, 6.07) is 0. The van der Waals surface area contributed by atoms with E-state index in [0.717, 1.165) is 17.9 Å². The molecule has 1 unspecified atom stereocenters. The summed E-state index contributed by atoms with van der Waals surface area (Å²) >= 11 is 8.21. The Morgan fingerprint density at radius 1 is 1.44 bits per heavy atom. The van der Waals surface area contributed by atoms with Crippen LogP contribution in [0, 0.1) is 0 Å². The van der Waals surface area contributed by atoms with Gasteiger partial charge in [0.25, 0.3) is 0 Å². The van der Waals surface area contributed by atoms with Crippen molar-refractivity contribution in [1.82, 2.24) is 9.97 Å². The first-order valence-electron chi connectivity index (χ1n) is 6.54. The first kappa shape index (κ1) is 13.9. The number of anilines is 1. The minimum absolute atomic E-state index is 0.334. The largest absolute Gasteiger partial charge is 0.369 e. The zero-order valence-corrected chi connectivity index (χ0v) is 12.5. The highest BCUT2D eigenvalue weighted by Gasteiger charge is 2.17. The Hall–Kier alpha value is -0.480. The maximum atomic E-state index is 6.15. The van der Waals surface area contributed by atoms with E-state index < -0.39 is 0 Å². The van der Waals surface area contributed by atoms with E-state index in [1.807, 2.05) is 0 Å². The molecule has 1 saturated heterocycles. The maximum absolute atomic E-state index is 6.15. The second-order valence-electron chi connectivity index (χ2n) is 4.95. The summed E-state index contributed by atoms with van der Waals surface area (Å²) in [6.07, 6.45) is 5.54. The molecule has 100 valence electrons. The van der Waals surface area contributed by atoms with E-state index >= 15 is 0 Å². The molecule has 3 nitrogen and oxygen atoms in total. The first-order valence-corrected chi connectivity index (χ1v) is 7.97. The van der Waals surface area contributed by atoms with Crippen molar-refractivity contribution in [2.75, 3.05) is 17.6 Å². The summed E-state index contributed by atoms with van der Waals surface area (Å²) in [6.45, 7) is 5.20. The van der Waals surface area contributed by atoms with Crippen molar-refractivity contribution < 1.29 is 0 Å². The van der Waals surface area contributed by atoms with Gasteiger partial charge >= 0.3 is 0 Å². The summed E-state index contributed by atoms with van der Waals surface area (Å²) in [4.78, 5) is 8.39. The highest BCUT2D eigenvalue weighted by molar-refractivity contribution is 7.99. The number of halogens is 1. The summed E-state index contributed by atoms with van der Waals surface area (Å²) in [7, 11) is 0. The Labute approximate surface area is 118 Å². The van der Waals surface area contributed by atoms with E-state index in [1.165, 1.54) is 31.3 Å². The third-order valence-electron chi connectivity index (χ3n) is 3.18. The smallest absolute Gasteiger partial charge is 0.138 e. The molecule has 1 aliphatic rings. The molecule has 1 N–H and O–H groups in total. The third kappa shape index (κ3) is 3.51. The van der Waals surface area contributed by atoms with E-state index in [0.29, 0.717) is 16.3 Å². The molecule has 1 fully saturated rings. The van der Waals surface area contributed by atoms with Gasteiger partial charge in [-0.05, 0) is 24.5 Å². The lowest BCUT2D eigenvalue weighted by atomic mass is 10.1. The SMILES string of the molecule is CC(C)c1c(Cl)ncnc1NCC1CCCCS1. The Kier molecular flexibility index (Phi) is 5.13. The Bertz CT molecular complexity index is 392. The number of hydrogen-bond donors (Lipinski definition) is 1. The number of rotatable bonds is 4. The number of nitrogens with one attached hydrogen (secondary N) is 1. The van der Waals surface area contributed by atoms with Crippen LogP contribution in [0.1, 0.15) is 44.6 Å². The molecule has 0 amide bonds. The van der Waals surface area contributed by atoms with Crippen molar-refractivity contribution in [3.8, 4) is 0 Å². The molecular formula is C13H20ClN3S. The van der Waals surface area contributed by atoms with Crippen LogP contribution < -0.4 is 5.32 Å². The van der Waals surface area contributed by atoms with Crippen molar-refractivity contribution in [3.63, 3.8) is 0 Å². The molecule has 0 radical (unpaired) electrons. The molecule has 0 bridgehead atoms. The van der Waals surface area contributed by atoms with Gasteiger partial charge in [-0.25, -0.2) is 9.97 Å². The van der Waals surface area contributed by atoms with E-state index in [1.54, 1.807) is 0 Å². The minimum Gasteiger partial charge on any atom is -0.369 e. The Balaban J connectivity index is 2.02. The van der Waals surface area contributed by atoms with Crippen LogP contribution in [0.2, 0.25) is 5.15 Å². The zero-order valence-electron chi connectivity index (χ0n) is 10.9. The van der Waals surface area contributed by atoms with Gasteiger partial charge in [0, 0.05) is 17.4 Å². The summed E-state index contributed by atoms with van der Waals surface area (Å²) in [5, 5.41) is 4.72. The van der Waals surface area contributed by atoms with Gasteiger partial charge in [-0.1, -0.05) is 31.9 Å². The van der Waals surface area contributed by atoms with Gasteiger partial charge in [0.15, 0.2) is 0 Å². The lowest BCUT2D eigenvalue weighted by molar-refractivity contribution is 0.676. The van der Waals surface area contributed by atoms with Crippen LogP contribution in [0.5, 0.6) is 0 Å². The zero-order chi connectivity index (χ0) is 13.0. The molecule has 18 heavy (non-hydrogen) atoms. The average Bonchev–Trinajstić information content (AvgIpc) is 2.37. The predicted octanol–water partition coefficient (Wildman–Crippen LogP) is 3.95. The standard InChI is InChI=1S/C13H20ClN3S/c1-9(2)11-12(14)16-8-17-13(11)15-7-10-5-3-4-6-18-10/h8-10H,3-7H2,1-2H3,(H,15,16,17). The lowest BCUT2D eigenvalue weighted by Gasteiger charge is -2.22. The molecule has 1 atom stereocenters. The van der Waals surface area contributed by atoms with Crippen molar-refractivity contribution in [2.45, 2.75) is 44.3 Å². The van der Waals surface area contributed by atoms with Gasteiger partial charge in [0.05, 0.1) is 0 Å². The van der Waals surface area contributed by atoms with Crippen LogP contribution in [-0.4, -0.2) is 27.5 Å². The maximum Gasteiger partial charge on any atom is 0.138 e. The molecule has 0 spiro atoms. The van der Waals surface area contributed by atoms with Crippen LogP contribution in [0.25, 0.3) is 0 Å². The van der Waals surface area contributed by atoms with Gasteiger partial charge < -0.3 is 5.32 Å². The van der Waals surface area contributed by atoms with Gasteiger partial charge in [-0.15, -0.1) is 0 Å². The molecule has 1 aliphatic heterocycles. The fraction of sp³-hybridized carbons (Fsp3) is 0.692. The fourth-order valence-corrected chi connectivity index (χ4v) is 3.80. The molecular weight excluding hydrogens is 266 g/mol. The molecule has 0 aliphatic carbocycles. The molecule has 1 aromatic rings. The third-order valence-corrected chi connectivity index (χ3v) is 4.88. The van der Waals surface area contributed by atoms with Crippen LogP contribution in [0.4, 0.5) is 5.82 Å². The summed E-state index contributed by atoms with van der Waals surface area (Å²) in [5.74, 6) is 2.52. The molecule has 2 rings (SSSR count). The van der Waals surface area contributed by atoms with Crippen molar-refractivity contribution in [2.24, 2.45) is 0 Å². The Morgan fingerprint density at radius 2 is 2.28 bits per heavy atom. The number of hydrogen-bond acceptors (Lipinski definition) is 4. The second kappa shape index (κ2) is 6.62. The molecule has 2 heterocycles. The monoisotopic (exact) mass is 285 g/mol. The molecule has 0 saturated carbocycles.